The van der Waals surface area contributed by atoms with Crippen LogP contribution in [0.4, 0.5) is 4.39 Å². The summed E-state index contributed by atoms with van der Waals surface area (Å²) in [6.07, 6.45) is 0.860. The summed E-state index contributed by atoms with van der Waals surface area (Å²) in [5.74, 6) is -0.197. The molecular weight excluding hydrogens is 275 g/mol. The van der Waals surface area contributed by atoms with Crippen LogP contribution in [0.15, 0.2) is 42.5 Å². The van der Waals surface area contributed by atoms with Crippen molar-refractivity contribution in [2.75, 3.05) is 7.11 Å². The zero-order chi connectivity index (χ0) is 16.3. The van der Waals surface area contributed by atoms with Gasteiger partial charge in [-0.25, -0.2) is 4.39 Å². The van der Waals surface area contributed by atoms with Crippen LogP contribution in [0, 0.1) is 11.2 Å². The van der Waals surface area contributed by atoms with E-state index in [2.05, 4.69) is 39.8 Å². The molecule has 2 heteroatoms. The number of hydrogen-bond acceptors (Lipinski definition) is 1. The number of rotatable bonds is 4. The van der Waals surface area contributed by atoms with Gasteiger partial charge in [-0.1, -0.05) is 64.1 Å². The molecular formula is C20H25FO. The molecule has 118 valence electrons. The normalized spacial score (nSPS) is 13.2. The van der Waals surface area contributed by atoms with Crippen molar-refractivity contribution in [2.24, 2.45) is 5.41 Å². The van der Waals surface area contributed by atoms with Crippen LogP contribution in [0.25, 0.3) is 11.1 Å². The van der Waals surface area contributed by atoms with Crippen LogP contribution >= 0.6 is 0 Å². The highest BCUT2D eigenvalue weighted by atomic mass is 19.1. The Hall–Kier alpha value is -1.67. The van der Waals surface area contributed by atoms with Gasteiger partial charge in [0.1, 0.15) is 5.82 Å². The number of benzene rings is 2. The zero-order valence-corrected chi connectivity index (χ0v) is 14.1. The summed E-state index contributed by atoms with van der Waals surface area (Å²) in [7, 11) is 1.72. The standard InChI is InChI=1S/C20H25FO/c1-6-14-11-12-15(16-9-7-8-10-18(16)21)17(13-14)19(22-5)20(2,3)4/h7-13,19H,6H2,1-5H3. The Bertz CT molecular complexity index is 640. The Kier molecular flexibility index (Phi) is 5.02. The van der Waals surface area contributed by atoms with Crippen molar-refractivity contribution in [2.45, 2.75) is 40.2 Å². The van der Waals surface area contributed by atoms with Gasteiger partial charge in [0.05, 0.1) is 6.10 Å². The van der Waals surface area contributed by atoms with Gasteiger partial charge >= 0.3 is 0 Å². The summed E-state index contributed by atoms with van der Waals surface area (Å²) < 4.78 is 20.0. The van der Waals surface area contributed by atoms with Gasteiger partial charge in [-0.05, 0) is 34.6 Å². The van der Waals surface area contributed by atoms with E-state index in [1.165, 1.54) is 11.6 Å². The molecule has 0 heterocycles. The second-order valence-corrected chi connectivity index (χ2v) is 6.74. The van der Waals surface area contributed by atoms with E-state index in [1.54, 1.807) is 13.2 Å². The first-order chi connectivity index (χ1) is 10.4. The zero-order valence-electron chi connectivity index (χ0n) is 14.1. The molecule has 0 aliphatic carbocycles. The number of hydrogen-bond donors (Lipinski definition) is 0. The second kappa shape index (κ2) is 6.62. The Balaban J connectivity index is 2.67. The Morgan fingerprint density at radius 1 is 1.05 bits per heavy atom. The van der Waals surface area contributed by atoms with E-state index in [9.17, 15) is 4.39 Å². The van der Waals surface area contributed by atoms with Gasteiger partial charge < -0.3 is 4.74 Å². The van der Waals surface area contributed by atoms with Crippen LogP contribution in [0.3, 0.4) is 0 Å². The number of ether oxygens (including phenoxy) is 1. The largest absolute Gasteiger partial charge is 0.376 e. The van der Waals surface area contributed by atoms with Crippen molar-refractivity contribution in [3.05, 3.63) is 59.4 Å². The molecule has 0 fully saturated rings. The van der Waals surface area contributed by atoms with E-state index in [0.29, 0.717) is 5.56 Å². The molecule has 0 saturated carbocycles. The summed E-state index contributed by atoms with van der Waals surface area (Å²) in [5.41, 5.74) is 3.77. The second-order valence-electron chi connectivity index (χ2n) is 6.74. The van der Waals surface area contributed by atoms with E-state index in [4.69, 9.17) is 4.74 Å². The molecule has 2 rings (SSSR count). The van der Waals surface area contributed by atoms with Gasteiger partial charge in [-0.3, -0.25) is 0 Å². The lowest BCUT2D eigenvalue weighted by molar-refractivity contribution is 0.0155. The van der Waals surface area contributed by atoms with Crippen molar-refractivity contribution < 1.29 is 9.13 Å². The average molecular weight is 300 g/mol. The van der Waals surface area contributed by atoms with Crippen LogP contribution < -0.4 is 0 Å². The Morgan fingerprint density at radius 2 is 1.73 bits per heavy atom. The summed E-state index contributed by atoms with van der Waals surface area (Å²) in [6.45, 7) is 8.56. The van der Waals surface area contributed by atoms with E-state index >= 15 is 0 Å². The van der Waals surface area contributed by atoms with Crippen LogP contribution in [0.1, 0.15) is 44.9 Å². The van der Waals surface area contributed by atoms with Gasteiger partial charge in [0.2, 0.25) is 0 Å². The van der Waals surface area contributed by atoms with Gasteiger partial charge in [-0.15, -0.1) is 0 Å². The molecule has 0 aliphatic heterocycles. The smallest absolute Gasteiger partial charge is 0.131 e. The highest BCUT2D eigenvalue weighted by molar-refractivity contribution is 5.69. The third-order valence-electron chi connectivity index (χ3n) is 3.99. The Morgan fingerprint density at radius 3 is 2.27 bits per heavy atom. The number of aryl methyl sites for hydroxylation is 1. The molecule has 0 amide bonds. The molecule has 0 radical (unpaired) electrons. The predicted molar refractivity (Wildman–Crippen MR) is 90.4 cm³/mol. The van der Waals surface area contributed by atoms with Crippen LogP contribution in [0.5, 0.6) is 0 Å². The minimum Gasteiger partial charge on any atom is -0.376 e. The van der Waals surface area contributed by atoms with E-state index in [1.807, 2.05) is 18.2 Å². The van der Waals surface area contributed by atoms with Crippen LogP contribution in [-0.2, 0) is 11.2 Å². The molecule has 0 aliphatic rings. The highest BCUT2D eigenvalue weighted by Gasteiger charge is 2.29. The minimum absolute atomic E-state index is 0.0683. The molecule has 2 aromatic carbocycles. The molecule has 0 aromatic heterocycles. The van der Waals surface area contributed by atoms with Gasteiger partial charge in [0.25, 0.3) is 0 Å². The molecule has 1 unspecified atom stereocenters. The first-order valence-electron chi connectivity index (χ1n) is 7.79. The topological polar surface area (TPSA) is 9.23 Å². The van der Waals surface area contributed by atoms with Crippen molar-refractivity contribution >= 4 is 0 Å². The lowest BCUT2D eigenvalue weighted by Crippen LogP contribution is -2.21. The number of methoxy groups -OCH3 is 1. The third-order valence-corrected chi connectivity index (χ3v) is 3.99. The lowest BCUT2D eigenvalue weighted by atomic mass is 9.81. The van der Waals surface area contributed by atoms with Crippen LogP contribution in [0.2, 0.25) is 0 Å². The maximum absolute atomic E-state index is 14.3. The van der Waals surface area contributed by atoms with E-state index in [0.717, 1.165) is 17.5 Å². The quantitative estimate of drug-likeness (QED) is 0.694. The van der Waals surface area contributed by atoms with Crippen molar-refractivity contribution in [3.8, 4) is 11.1 Å². The lowest BCUT2D eigenvalue weighted by Gasteiger charge is -2.31. The SMILES string of the molecule is CCc1ccc(-c2ccccc2F)c(C(OC)C(C)(C)C)c1. The van der Waals surface area contributed by atoms with Gasteiger partial charge in [0.15, 0.2) is 0 Å². The molecule has 0 N–H and O–H groups in total. The molecule has 22 heavy (non-hydrogen) atoms. The molecule has 0 saturated heterocycles. The maximum atomic E-state index is 14.3. The molecule has 1 nitrogen and oxygen atoms in total. The first-order valence-corrected chi connectivity index (χ1v) is 7.79. The molecule has 0 bridgehead atoms. The number of halogens is 1. The molecule has 1 atom stereocenters. The van der Waals surface area contributed by atoms with Gasteiger partial charge in [-0.2, -0.15) is 0 Å². The third kappa shape index (κ3) is 3.38. The van der Waals surface area contributed by atoms with E-state index < -0.39 is 0 Å². The highest BCUT2D eigenvalue weighted by Crippen LogP contribution is 2.41. The fourth-order valence-corrected chi connectivity index (χ4v) is 2.92. The van der Waals surface area contributed by atoms with Gasteiger partial charge in [0, 0.05) is 12.7 Å². The predicted octanol–water partition coefficient (Wildman–Crippen LogP) is 5.79. The summed E-state index contributed by atoms with van der Waals surface area (Å²) in [6, 6.07) is 13.2. The fraction of sp³-hybridized carbons (Fsp3) is 0.400. The van der Waals surface area contributed by atoms with Crippen molar-refractivity contribution in [1.82, 2.24) is 0 Å². The monoisotopic (exact) mass is 300 g/mol. The minimum atomic E-state index is -0.197. The summed E-state index contributed by atoms with van der Waals surface area (Å²) >= 11 is 0. The first kappa shape index (κ1) is 16.7. The Labute approximate surface area is 133 Å². The molecule has 2 aromatic rings. The van der Waals surface area contributed by atoms with Crippen LogP contribution in [-0.4, -0.2) is 7.11 Å². The molecule has 0 spiro atoms. The van der Waals surface area contributed by atoms with Crippen molar-refractivity contribution in [3.63, 3.8) is 0 Å². The fourth-order valence-electron chi connectivity index (χ4n) is 2.92. The van der Waals surface area contributed by atoms with E-state index in [-0.39, 0.29) is 17.3 Å². The summed E-state index contributed by atoms with van der Waals surface area (Å²) in [4.78, 5) is 0. The maximum Gasteiger partial charge on any atom is 0.131 e. The average Bonchev–Trinajstić information content (AvgIpc) is 2.47. The summed E-state index contributed by atoms with van der Waals surface area (Å²) in [5, 5.41) is 0. The van der Waals surface area contributed by atoms with Crippen molar-refractivity contribution in [1.29, 1.82) is 0 Å².